The molecule has 0 atom stereocenters. The summed E-state index contributed by atoms with van der Waals surface area (Å²) in [4.78, 5) is 21.4. The average Bonchev–Trinajstić information content (AvgIpc) is 2.22. The second-order valence-corrected chi connectivity index (χ2v) is 3.40. The number of ether oxygens (including phenoxy) is 1. The van der Waals surface area contributed by atoms with Gasteiger partial charge < -0.3 is 15.2 Å². The minimum absolute atomic E-state index is 0.478. The van der Waals surface area contributed by atoms with E-state index in [1.54, 1.807) is 26.2 Å². The number of carbonyl (C=O) groups excluding carboxylic acids is 1. The van der Waals surface area contributed by atoms with E-state index in [4.69, 9.17) is 9.84 Å². The smallest absolute Gasteiger partial charge is 0.394 e. The molecular formula is C11H13NO4. The maximum Gasteiger partial charge on any atom is 0.394 e. The van der Waals surface area contributed by atoms with Gasteiger partial charge in [-0.25, -0.2) is 4.79 Å². The molecule has 0 spiro atoms. The number of hydrogen-bond donors (Lipinski definition) is 2. The van der Waals surface area contributed by atoms with Gasteiger partial charge in [-0.05, 0) is 37.1 Å². The van der Waals surface area contributed by atoms with E-state index < -0.39 is 11.9 Å². The number of aliphatic carboxylic acids is 1. The summed E-state index contributed by atoms with van der Waals surface area (Å²) in [5, 5.41) is 10.8. The van der Waals surface area contributed by atoms with Crippen LogP contribution in [0.2, 0.25) is 0 Å². The summed E-state index contributed by atoms with van der Waals surface area (Å²) in [5.74, 6) is -1.86. The fraction of sp³-hybridized carbons (Fsp3) is 0.273. The summed E-state index contributed by atoms with van der Waals surface area (Å²) < 4.78 is 5.10. The largest absolute Gasteiger partial charge is 0.496 e. The van der Waals surface area contributed by atoms with Gasteiger partial charge in [-0.1, -0.05) is 0 Å². The van der Waals surface area contributed by atoms with Gasteiger partial charge >= 0.3 is 11.9 Å². The van der Waals surface area contributed by atoms with Crippen LogP contribution in [0.4, 0.5) is 5.69 Å². The van der Waals surface area contributed by atoms with E-state index in [0.717, 1.165) is 11.1 Å². The van der Waals surface area contributed by atoms with Crippen LogP contribution in [0.25, 0.3) is 0 Å². The number of amides is 1. The summed E-state index contributed by atoms with van der Waals surface area (Å²) in [6.45, 7) is 3.58. The van der Waals surface area contributed by atoms with E-state index >= 15 is 0 Å². The molecule has 0 aliphatic heterocycles. The van der Waals surface area contributed by atoms with Crippen molar-refractivity contribution in [3.05, 3.63) is 23.3 Å². The molecule has 86 valence electrons. The van der Waals surface area contributed by atoms with Crippen molar-refractivity contribution in [3.63, 3.8) is 0 Å². The van der Waals surface area contributed by atoms with Crippen molar-refractivity contribution < 1.29 is 19.4 Å². The molecule has 0 heterocycles. The van der Waals surface area contributed by atoms with Crippen molar-refractivity contribution in [1.82, 2.24) is 0 Å². The van der Waals surface area contributed by atoms with Crippen LogP contribution in [0.1, 0.15) is 11.1 Å². The molecule has 0 aliphatic carbocycles. The lowest BCUT2D eigenvalue weighted by molar-refractivity contribution is -0.147. The highest BCUT2D eigenvalue weighted by Crippen LogP contribution is 2.25. The summed E-state index contributed by atoms with van der Waals surface area (Å²) in [7, 11) is 1.55. The standard InChI is InChI=1S/C11H13NO4/c1-6-5-9(16-3)7(2)4-8(6)12-10(13)11(14)15/h4-5H,1-3H3,(H,12,13)(H,14,15). The quantitative estimate of drug-likeness (QED) is 0.742. The molecule has 0 aliphatic rings. The van der Waals surface area contributed by atoms with Gasteiger partial charge in [-0.3, -0.25) is 4.79 Å². The van der Waals surface area contributed by atoms with Gasteiger partial charge in [0.1, 0.15) is 5.75 Å². The fourth-order valence-electron chi connectivity index (χ4n) is 1.32. The zero-order valence-electron chi connectivity index (χ0n) is 9.33. The first-order valence-corrected chi connectivity index (χ1v) is 4.65. The van der Waals surface area contributed by atoms with Crippen LogP contribution >= 0.6 is 0 Å². The average molecular weight is 223 g/mol. The Kier molecular flexibility index (Phi) is 3.50. The Morgan fingerprint density at radius 2 is 1.88 bits per heavy atom. The molecule has 0 aromatic heterocycles. The SMILES string of the molecule is COc1cc(C)c(NC(=O)C(=O)O)cc1C. The lowest BCUT2D eigenvalue weighted by atomic mass is 10.1. The number of nitrogens with one attached hydrogen (secondary N) is 1. The van der Waals surface area contributed by atoms with E-state index in [2.05, 4.69) is 5.32 Å². The van der Waals surface area contributed by atoms with E-state index in [0.29, 0.717) is 11.4 Å². The number of methoxy groups -OCH3 is 1. The summed E-state index contributed by atoms with van der Waals surface area (Å²) in [6, 6.07) is 3.42. The van der Waals surface area contributed by atoms with Gasteiger partial charge in [0.05, 0.1) is 7.11 Å². The molecule has 0 bridgehead atoms. The molecule has 5 heteroatoms. The molecule has 1 amide bonds. The second-order valence-electron chi connectivity index (χ2n) is 3.40. The van der Waals surface area contributed by atoms with Crippen LogP contribution in [0.5, 0.6) is 5.75 Å². The Morgan fingerprint density at radius 3 is 2.38 bits per heavy atom. The van der Waals surface area contributed by atoms with Gasteiger partial charge in [-0.15, -0.1) is 0 Å². The monoisotopic (exact) mass is 223 g/mol. The van der Waals surface area contributed by atoms with E-state index in [1.165, 1.54) is 0 Å². The summed E-state index contributed by atoms with van der Waals surface area (Å²) in [6.07, 6.45) is 0. The molecule has 1 rings (SSSR count). The Bertz CT molecular complexity index is 440. The lowest BCUT2D eigenvalue weighted by Crippen LogP contribution is -2.22. The minimum Gasteiger partial charge on any atom is -0.496 e. The Labute approximate surface area is 93.0 Å². The first kappa shape index (κ1) is 12.0. The predicted octanol–water partition coefficient (Wildman–Crippen LogP) is 1.34. The number of anilines is 1. The van der Waals surface area contributed by atoms with Crippen LogP contribution in [-0.2, 0) is 9.59 Å². The lowest BCUT2D eigenvalue weighted by Gasteiger charge is -2.11. The number of aryl methyl sites for hydroxylation is 2. The molecule has 0 unspecified atom stereocenters. The first-order valence-electron chi connectivity index (χ1n) is 4.65. The Morgan fingerprint density at radius 1 is 1.25 bits per heavy atom. The van der Waals surface area contributed by atoms with E-state index in [-0.39, 0.29) is 0 Å². The molecule has 0 fully saturated rings. The predicted molar refractivity (Wildman–Crippen MR) is 58.7 cm³/mol. The molecule has 0 radical (unpaired) electrons. The van der Waals surface area contributed by atoms with Crippen LogP contribution < -0.4 is 10.1 Å². The van der Waals surface area contributed by atoms with Crippen LogP contribution in [0.3, 0.4) is 0 Å². The zero-order valence-corrected chi connectivity index (χ0v) is 9.33. The third kappa shape index (κ3) is 2.50. The van der Waals surface area contributed by atoms with Crippen LogP contribution in [-0.4, -0.2) is 24.1 Å². The van der Waals surface area contributed by atoms with Gasteiger partial charge in [0.2, 0.25) is 0 Å². The van der Waals surface area contributed by atoms with Crippen molar-refractivity contribution in [2.75, 3.05) is 12.4 Å². The van der Waals surface area contributed by atoms with Crippen molar-refractivity contribution in [3.8, 4) is 5.75 Å². The molecule has 1 aromatic rings. The van der Waals surface area contributed by atoms with Crippen molar-refractivity contribution in [1.29, 1.82) is 0 Å². The molecule has 16 heavy (non-hydrogen) atoms. The molecule has 0 saturated heterocycles. The highest BCUT2D eigenvalue weighted by atomic mass is 16.5. The van der Waals surface area contributed by atoms with Gasteiger partial charge in [0.25, 0.3) is 0 Å². The van der Waals surface area contributed by atoms with Crippen LogP contribution in [0.15, 0.2) is 12.1 Å². The molecule has 0 saturated carbocycles. The van der Waals surface area contributed by atoms with Crippen molar-refractivity contribution in [2.45, 2.75) is 13.8 Å². The van der Waals surface area contributed by atoms with E-state index in [1.807, 2.05) is 6.92 Å². The summed E-state index contributed by atoms with van der Waals surface area (Å²) in [5.41, 5.74) is 2.05. The molecular weight excluding hydrogens is 210 g/mol. The number of carboxylic acid groups (broad SMARTS) is 1. The Hall–Kier alpha value is -2.04. The van der Waals surface area contributed by atoms with Crippen LogP contribution in [0, 0.1) is 13.8 Å². The Balaban J connectivity index is 3.02. The third-order valence-electron chi connectivity index (χ3n) is 2.18. The number of rotatable bonds is 2. The van der Waals surface area contributed by atoms with Gasteiger partial charge in [0.15, 0.2) is 0 Å². The number of benzene rings is 1. The third-order valence-corrected chi connectivity index (χ3v) is 2.18. The maximum atomic E-state index is 11.0. The number of carboxylic acids is 1. The zero-order chi connectivity index (χ0) is 12.3. The van der Waals surface area contributed by atoms with Crippen molar-refractivity contribution >= 4 is 17.6 Å². The fourth-order valence-corrected chi connectivity index (χ4v) is 1.32. The highest BCUT2D eigenvalue weighted by Gasteiger charge is 2.13. The molecule has 5 nitrogen and oxygen atoms in total. The number of hydrogen-bond acceptors (Lipinski definition) is 3. The van der Waals surface area contributed by atoms with E-state index in [9.17, 15) is 9.59 Å². The highest BCUT2D eigenvalue weighted by molar-refractivity contribution is 6.36. The molecule has 2 N–H and O–H groups in total. The van der Waals surface area contributed by atoms with Crippen molar-refractivity contribution in [2.24, 2.45) is 0 Å². The first-order chi connectivity index (χ1) is 7.45. The number of carbonyl (C=O) groups is 2. The summed E-state index contributed by atoms with van der Waals surface area (Å²) >= 11 is 0. The normalized spacial score (nSPS) is 9.69. The maximum absolute atomic E-state index is 11.0. The van der Waals surface area contributed by atoms with Gasteiger partial charge in [0, 0.05) is 5.69 Å². The second kappa shape index (κ2) is 4.65. The minimum atomic E-state index is -1.51. The molecule has 1 aromatic carbocycles. The topological polar surface area (TPSA) is 75.6 Å². The van der Waals surface area contributed by atoms with Gasteiger partial charge in [-0.2, -0.15) is 0 Å².